The Morgan fingerprint density at radius 2 is 2.00 bits per heavy atom. The SMILES string of the molecule is CCCCCN(C(=O)c1cc(N)nc(CC)c1)C(C)C. The third kappa shape index (κ3) is 4.51. The second-order valence-electron chi connectivity index (χ2n) is 5.42. The molecule has 0 saturated carbocycles. The average Bonchev–Trinajstić information content (AvgIpc) is 2.41. The highest BCUT2D eigenvalue weighted by Gasteiger charge is 2.19. The number of unbranched alkanes of at least 4 members (excludes halogenated alkanes) is 2. The van der Waals surface area contributed by atoms with E-state index in [1.54, 1.807) is 6.07 Å². The number of rotatable bonds is 7. The fourth-order valence-electron chi connectivity index (χ4n) is 2.21. The van der Waals surface area contributed by atoms with Crippen molar-refractivity contribution in [2.45, 2.75) is 59.4 Å². The molecular weight excluding hydrogens is 250 g/mol. The topological polar surface area (TPSA) is 59.2 Å². The largest absolute Gasteiger partial charge is 0.384 e. The van der Waals surface area contributed by atoms with E-state index in [-0.39, 0.29) is 11.9 Å². The summed E-state index contributed by atoms with van der Waals surface area (Å²) in [5.41, 5.74) is 7.31. The van der Waals surface area contributed by atoms with Gasteiger partial charge in [-0.15, -0.1) is 0 Å². The number of aryl methyl sites for hydroxylation is 1. The molecule has 4 nitrogen and oxygen atoms in total. The van der Waals surface area contributed by atoms with Crippen molar-refractivity contribution in [3.05, 3.63) is 23.4 Å². The lowest BCUT2D eigenvalue weighted by molar-refractivity contribution is 0.0702. The summed E-state index contributed by atoms with van der Waals surface area (Å²) in [5.74, 6) is 0.477. The minimum absolute atomic E-state index is 0.0555. The first-order valence-electron chi connectivity index (χ1n) is 7.57. The van der Waals surface area contributed by atoms with Crippen molar-refractivity contribution in [2.24, 2.45) is 0 Å². The summed E-state index contributed by atoms with van der Waals surface area (Å²) in [6, 6.07) is 3.73. The summed E-state index contributed by atoms with van der Waals surface area (Å²) in [6.07, 6.45) is 4.13. The number of aromatic nitrogens is 1. The summed E-state index contributed by atoms with van der Waals surface area (Å²) in [7, 11) is 0. The fourth-order valence-corrected chi connectivity index (χ4v) is 2.21. The number of hydrogen-bond donors (Lipinski definition) is 1. The van der Waals surface area contributed by atoms with Gasteiger partial charge in [0.05, 0.1) is 0 Å². The van der Waals surface area contributed by atoms with Crippen molar-refractivity contribution in [1.29, 1.82) is 0 Å². The Kier molecular flexibility index (Phi) is 6.49. The van der Waals surface area contributed by atoms with Crippen LogP contribution in [0.1, 0.15) is 63.0 Å². The van der Waals surface area contributed by atoms with Crippen LogP contribution in [0.2, 0.25) is 0 Å². The molecule has 0 aliphatic rings. The molecule has 2 N–H and O–H groups in total. The van der Waals surface area contributed by atoms with Crippen LogP contribution in [-0.4, -0.2) is 28.4 Å². The maximum absolute atomic E-state index is 12.6. The summed E-state index contributed by atoms with van der Waals surface area (Å²) in [4.78, 5) is 18.8. The first-order chi connectivity index (χ1) is 9.49. The number of carbonyl (C=O) groups is 1. The average molecular weight is 277 g/mol. The lowest BCUT2D eigenvalue weighted by Crippen LogP contribution is -2.37. The van der Waals surface area contributed by atoms with Gasteiger partial charge in [-0.1, -0.05) is 26.7 Å². The van der Waals surface area contributed by atoms with Gasteiger partial charge in [-0.25, -0.2) is 4.98 Å². The predicted molar refractivity (Wildman–Crippen MR) is 83.7 cm³/mol. The number of nitrogens with zero attached hydrogens (tertiary/aromatic N) is 2. The summed E-state index contributed by atoms with van der Waals surface area (Å²) >= 11 is 0. The lowest BCUT2D eigenvalue weighted by Gasteiger charge is -2.27. The van der Waals surface area contributed by atoms with E-state index in [0.717, 1.165) is 37.9 Å². The number of amides is 1. The number of pyridine rings is 1. The monoisotopic (exact) mass is 277 g/mol. The lowest BCUT2D eigenvalue weighted by atomic mass is 10.1. The van der Waals surface area contributed by atoms with Crippen molar-refractivity contribution >= 4 is 11.7 Å². The zero-order chi connectivity index (χ0) is 15.1. The van der Waals surface area contributed by atoms with E-state index in [0.29, 0.717) is 11.4 Å². The predicted octanol–water partition coefficient (Wildman–Crippen LogP) is 3.27. The molecule has 1 aromatic rings. The smallest absolute Gasteiger partial charge is 0.254 e. The van der Waals surface area contributed by atoms with Crippen LogP contribution in [0.5, 0.6) is 0 Å². The van der Waals surface area contributed by atoms with Crippen LogP contribution < -0.4 is 5.73 Å². The van der Waals surface area contributed by atoms with Gasteiger partial charge in [0.1, 0.15) is 5.82 Å². The molecule has 20 heavy (non-hydrogen) atoms. The molecule has 1 heterocycles. The number of anilines is 1. The van der Waals surface area contributed by atoms with Crippen LogP contribution in [0.3, 0.4) is 0 Å². The van der Waals surface area contributed by atoms with Gasteiger partial charge < -0.3 is 10.6 Å². The fraction of sp³-hybridized carbons (Fsp3) is 0.625. The van der Waals surface area contributed by atoms with Crippen LogP contribution >= 0.6 is 0 Å². The molecule has 112 valence electrons. The summed E-state index contributed by atoms with van der Waals surface area (Å²) in [6.45, 7) is 9.08. The molecule has 0 fully saturated rings. The van der Waals surface area contributed by atoms with Gasteiger partial charge in [-0.05, 0) is 38.8 Å². The molecule has 1 amide bonds. The molecule has 0 aromatic carbocycles. The van der Waals surface area contributed by atoms with Gasteiger partial charge in [-0.2, -0.15) is 0 Å². The minimum Gasteiger partial charge on any atom is -0.384 e. The van der Waals surface area contributed by atoms with Gasteiger partial charge in [0, 0.05) is 23.8 Å². The Morgan fingerprint density at radius 3 is 2.55 bits per heavy atom. The zero-order valence-electron chi connectivity index (χ0n) is 13.1. The van der Waals surface area contributed by atoms with E-state index >= 15 is 0 Å². The Morgan fingerprint density at radius 1 is 1.30 bits per heavy atom. The van der Waals surface area contributed by atoms with E-state index in [1.165, 1.54) is 0 Å². The Labute approximate surface area is 122 Å². The van der Waals surface area contributed by atoms with Crippen LogP contribution in [0, 0.1) is 0 Å². The number of hydrogen-bond acceptors (Lipinski definition) is 3. The van der Waals surface area contributed by atoms with Crippen molar-refractivity contribution < 1.29 is 4.79 Å². The van der Waals surface area contributed by atoms with Gasteiger partial charge in [0.2, 0.25) is 0 Å². The molecule has 0 atom stereocenters. The summed E-state index contributed by atoms with van der Waals surface area (Å²) in [5, 5.41) is 0. The highest BCUT2D eigenvalue weighted by atomic mass is 16.2. The van der Waals surface area contributed by atoms with E-state index in [2.05, 4.69) is 25.8 Å². The first kappa shape index (κ1) is 16.5. The molecule has 0 aliphatic heterocycles. The van der Waals surface area contributed by atoms with Gasteiger partial charge in [0.15, 0.2) is 0 Å². The minimum atomic E-state index is 0.0555. The number of carbonyl (C=O) groups excluding carboxylic acids is 1. The van der Waals surface area contributed by atoms with E-state index in [9.17, 15) is 4.79 Å². The third-order valence-corrected chi connectivity index (χ3v) is 3.39. The number of nitrogen functional groups attached to an aromatic ring is 1. The van der Waals surface area contributed by atoms with Crippen LogP contribution in [0.4, 0.5) is 5.82 Å². The molecule has 1 rings (SSSR count). The number of nitrogens with two attached hydrogens (primary N) is 1. The van der Waals surface area contributed by atoms with Gasteiger partial charge in [-0.3, -0.25) is 4.79 Å². The van der Waals surface area contributed by atoms with Crippen LogP contribution in [0.15, 0.2) is 12.1 Å². The quantitative estimate of drug-likeness (QED) is 0.778. The van der Waals surface area contributed by atoms with Crippen molar-refractivity contribution in [3.63, 3.8) is 0 Å². The highest BCUT2D eigenvalue weighted by Crippen LogP contribution is 2.14. The highest BCUT2D eigenvalue weighted by molar-refractivity contribution is 5.95. The van der Waals surface area contributed by atoms with Crippen LogP contribution in [0.25, 0.3) is 0 Å². The normalized spacial score (nSPS) is 10.8. The molecule has 0 saturated heterocycles. The van der Waals surface area contributed by atoms with Gasteiger partial charge >= 0.3 is 0 Å². The molecule has 0 aliphatic carbocycles. The third-order valence-electron chi connectivity index (χ3n) is 3.39. The van der Waals surface area contributed by atoms with Crippen molar-refractivity contribution in [2.75, 3.05) is 12.3 Å². The van der Waals surface area contributed by atoms with Gasteiger partial charge in [0.25, 0.3) is 5.91 Å². The zero-order valence-corrected chi connectivity index (χ0v) is 13.1. The second kappa shape index (κ2) is 7.88. The first-order valence-corrected chi connectivity index (χ1v) is 7.57. The molecule has 4 heteroatoms. The van der Waals surface area contributed by atoms with E-state index < -0.39 is 0 Å². The van der Waals surface area contributed by atoms with E-state index in [1.807, 2.05) is 17.9 Å². The molecule has 0 spiro atoms. The molecule has 0 bridgehead atoms. The van der Waals surface area contributed by atoms with Crippen molar-refractivity contribution in [3.8, 4) is 0 Å². The maximum atomic E-state index is 12.6. The molecule has 0 unspecified atom stereocenters. The van der Waals surface area contributed by atoms with Crippen molar-refractivity contribution in [1.82, 2.24) is 9.88 Å². The maximum Gasteiger partial charge on any atom is 0.254 e. The Balaban J connectivity index is 2.91. The Bertz CT molecular complexity index is 443. The van der Waals surface area contributed by atoms with E-state index in [4.69, 9.17) is 5.73 Å². The molecule has 1 aromatic heterocycles. The molecular formula is C16H27N3O. The molecule has 0 radical (unpaired) electrons. The summed E-state index contributed by atoms with van der Waals surface area (Å²) < 4.78 is 0. The second-order valence-corrected chi connectivity index (χ2v) is 5.42. The Hall–Kier alpha value is -1.58. The standard InChI is InChI=1S/C16H27N3O/c1-5-7-8-9-19(12(3)4)16(20)13-10-14(6-2)18-15(17)11-13/h10-12H,5-9H2,1-4H3,(H2,17,18). The van der Waals surface area contributed by atoms with Crippen LogP contribution in [-0.2, 0) is 6.42 Å².